The molecule has 0 heterocycles. The second kappa shape index (κ2) is 7.85. The maximum Gasteiger partial charge on any atom is 0.308 e. The van der Waals surface area contributed by atoms with Gasteiger partial charge < -0.3 is 4.74 Å². The average Bonchev–Trinajstić information content (AvgIpc) is 2.16. The number of hydrogen-bond acceptors (Lipinski definition) is 4. The number of carbonyl (C=O) groups excluding carboxylic acids is 2. The Balaban J connectivity index is 3.65. The molecule has 1 unspecified atom stereocenters. The van der Waals surface area contributed by atoms with E-state index in [4.69, 9.17) is 0 Å². The van der Waals surface area contributed by atoms with E-state index in [0.29, 0.717) is 12.8 Å². The third-order valence-corrected chi connectivity index (χ3v) is 2.77. The summed E-state index contributed by atoms with van der Waals surface area (Å²) in [6.07, 6.45) is 0.858. The highest BCUT2D eigenvalue weighted by Crippen LogP contribution is 2.09. The van der Waals surface area contributed by atoms with E-state index < -0.39 is 0 Å². The van der Waals surface area contributed by atoms with Crippen LogP contribution in [0.4, 0.5) is 0 Å². The summed E-state index contributed by atoms with van der Waals surface area (Å²) in [5.41, 5.74) is 0. The van der Waals surface area contributed by atoms with Gasteiger partial charge in [-0.1, -0.05) is 13.8 Å². The van der Waals surface area contributed by atoms with Gasteiger partial charge in [-0.2, -0.15) is 11.8 Å². The Morgan fingerprint density at radius 1 is 1.43 bits per heavy atom. The molecule has 0 rings (SSSR count). The number of thioether (sulfide) groups is 1. The number of ether oxygens (including phenoxy) is 1. The molecular formula is C10H18O3S. The molecule has 0 saturated heterocycles. The molecule has 0 amide bonds. The molecule has 82 valence electrons. The van der Waals surface area contributed by atoms with Crippen molar-refractivity contribution in [2.75, 3.05) is 18.6 Å². The number of methoxy groups -OCH3 is 1. The van der Waals surface area contributed by atoms with Gasteiger partial charge in [0.25, 0.3) is 0 Å². The van der Waals surface area contributed by atoms with Gasteiger partial charge in [0.2, 0.25) is 0 Å². The van der Waals surface area contributed by atoms with Crippen molar-refractivity contribution in [2.45, 2.75) is 26.7 Å². The highest BCUT2D eigenvalue weighted by molar-refractivity contribution is 7.99. The van der Waals surface area contributed by atoms with Crippen LogP contribution in [0.5, 0.6) is 0 Å². The Morgan fingerprint density at radius 2 is 2.07 bits per heavy atom. The molecule has 3 nitrogen and oxygen atoms in total. The number of Topliss-reactive ketones (excluding diaryl/α,β-unsaturated/α-hetero) is 1. The molecule has 0 radical (unpaired) electrons. The predicted octanol–water partition coefficient (Wildman–Crippen LogP) is 1.90. The summed E-state index contributed by atoms with van der Waals surface area (Å²) < 4.78 is 4.54. The zero-order valence-electron chi connectivity index (χ0n) is 9.04. The van der Waals surface area contributed by atoms with Crippen molar-refractivity contribution in [3.8, 4) is 0 Å². The summed E-state index contributed by atoms with van der Waals surface area (Å²) in [6.45, 7) is 3.78. The molecule has 0 fully saturated rings. The molecular weight excluding hydrogens is 200 g/mol. The fraction of sp³-hybridized carbons (Fsp3) is 0.800. The first kappa shape index (κ1) is 13.5. The molecule has 0 aromatic heterocycles. The smallest absolute Gasteiger partial charge is 0.308 e. The van der Waals surface area contributed by atoms with Gasteiger partial charge in [0, 0.05) is 18.6 Å². The van der Waals surface area contributed by atoms with Gasteiger partial charge in [0.05, 0.1) is 13.0 Å². The van der Waals surface area contributed by atoms with Gasteiger partial charge in [0.15, 0.2) is 0 Å². The van der Waals surface area contributed by atoms with Crippen molar-refractivity contribution in [1.29, 1.82) is 0 Å². The monoisotopic (exact) mass is 218 g/mol. The summed E-state index contributed by atoms with van der Waals surface area (Å²) in [5, 5.41) is 0. The second-order valence-electron chi connectivity index (χ2n) is 3.11. The molecule has 0 saturated carbocycles. The molecule has 0 aromatic carbocycles. The number of rotatable bonds is 7. The SMILES string of the molecule is CCSCCC(=O)CC(C)C(=O)OC. The first-order valence-corrected chi connectivity index (χ1v) is 5.94. The minimum Gasteiger partial charge on any atom is -0.469 e. The van der Waals surface area contributed by atoms with Crippen LogP contribution in [0.3, 0.4) is 0 Å². The van der Waals surface area contributed by atoms with E-state index in [1.807, 2.05) is 0 Å². The molecule has 0 bridgehead atoms. The number of ketones is 1. The van der Waals surface area contributed by atoms with Gasteiger partial charge in [-0.15, -0.1) is 0 Å². The first-order valence-electron chi connectivity index (χ1n) is 4.79. The van der Waals surface area contributed by atoms with Crippen LogP contribution in [0.2, 0.25) is 0 Å². The summed E-state index contributed by atoms with van der Waals surface area (Å²) in [4.78, 5) is 22.3. The molecule has 0 N–H and O–H groups in total. The van der Waals surface area contributed by atoms with Gasteiger partial charge in [0.1, 0.15) is 5.78 Å². The molecule has 0 spiro atoms. The normalized spacial score (nSPS) is 12.2. The first-order chi connectivity index (χ1) is 6.61. The Kier molecular flexibility index (Phi) is 7.57. The quantitative estimate of drug-likeness (QED) is 0.483. The van der Waals surface area contributed by atoms with E-state index in [1.54, 1.807) is 18.7 Å². The maximum atomic E-state index is 11.3. The molecule has 0 aliphatic carbocycles. The zero-order valence-corrected chi connectivity index (χ0v) is 9.86. The van der Waals surface area contributed by atoms with Crippen LogP contribution in [0, 0.1) is 5.92 Å². The molecule has 1 atom stereocenters. The fourth-order valence-corrected chi connectivity index (χ4v) is 1.72. The highest BCUT2D eigenvalue weighted by atomic mass is 32.2. The number of hydrogen-bond donors (Lipinski definition) is 0. The molecule has 4 heteroatoms. The van der Waals surface area contributed by atoms with Crippen molar-refractivity contribution in [3.63, 3.8) is 0 Å². The lowest BCUT2D eigenvalue weighted by Crippen LogP contribution is -2.17. The summed E-state index contributed by atoms with van der Waals surface area (Å²) in [5.74, 6) is 1.41. The van der Waals surface area contributed by atoms with Gasteiger partial charge >= 0.3 is 5.97 Å². The van der Waals surface area contributed by atoms with Gasteiger partial charge in [-0.3, -0.25) is 9.59 Å². The van der Waals surface area contributed by atoms with Crippen LogP contribution in [0.1, 0.15) is 26.7 Å². The van der Waals surface area contributed by atoms with Crippen molar-refractivity contribution >= 4 is 23.5 Å². The van der Waals surface area contributed by atoms with Crippen LogP contribution in [-0.2, 0) is 14.3 Å². The lowest BCUT2D eigenvalue weighted by atomic mass is 10.0. The Labute approximate surface area is 89.6 Å². The van der Waals surface area contributed by atoms with Crippen molar-refractivity contribution in [2.24, 2.45) is 5.92 Å². The predicted molar refractivity (Wildman–Crippen MR) is 58.4 cm³/mol. The van der Waals surface area contributed by atoms with Gasteiger partial charge in [-0.25, -0.2) is 0 Å². The van der Waals surface area contributed by atoms with Gasteiger partial charge in [-0.05, 0) is 5.75 Å². The molecule has 0 aliphatic rings. The van der Waals surface area contributed by atoms with Crippen LogP contribution < -0.4 is 0 Å². The van der Waals surface area contributed by atoms with Crippen LogP contribution >= 0.6 is 11.8 Å². The molecule has 0 aliphatic heterocycles. The van der Waals surface area contributed by atoms with Crippen molar-refractivity contribution < 1.29 is 14.3 Å². The van der Waals surface area contributed by atoms with Crippen LogP contribution in [0.15, 0.2) is 0 Å². The largest absolute Gasteiger partial charge is 0.469 e. The Bertz CT molecular complexity index is 192. The minimum atomic E-state index is -0.306. The summed E-state index contributed by atoms with van der Waals surface area (Å²) >= 11 is 1.74. The number of esters is 1. The van der Waals surface area contributed by atoms with E-state index in [1.165, 1.54) is 7.11 Å². The van der Waals surface area contributed by atoms with E-state index in [0.717, 1.165) is 11.5 Å². The standard InChI is InChI=1S/C10H18O3S/c1-4-14-6-5-9(11)7-8(2)10(12)13-3/h8H,4-7H2,1-3H3. The Morgan fingerprint density at radius 3 is 2.57 bits per heavy atom. The van der Waals surface area contributed by atoms with Crippen LogP contribution in [0.25, 0.3) is 0 Å². The van der Waals surface area contributed by atoms with E-state index in [-0.39, 0.29) is 17.7 Å². The van der Waals surface area contributed by atoms with Crippen molar-refractivity contribution in [3.05, 3.63) is 0 Å². The van der Waals surface area contributed by atoms with E-state index >= 15 is 0 Å². The van der Waals surface area contributed by atoms with Crippen LogP contribution in [-0.4, -0.2) is 30.4 Å². The third kappa shape index (κ3) is 6.02. The second-order valence-corrected chi connectivity index (χ2v) is 4.51. The minimum absolute atomic E-state index is 0.142. The number of carbonyl (C=O) groups is 2. The zero-order chi connectivity index (χ0) is 11.0. The van der Waals surface area contributed by atoms with E-state index in [2.05, 4.69) is 11.7 Å². The Hall–Kier alpha value is -0.510. The summed E-state index contributed by atoms with van der Waals surface area (Å²) in [6, 6.07) is 0. The van der Waals surface area contributed by atoms with Crippen molar-refractivity contribution in [1.82, 2.24) is 0 Å². The summed E-state index contributed by atoms with van der Waals surface area (Å²) in [7, 11) is 1.34. The van der Waals surface area contributed by atoms with E-state index in [9.17, 15) is 9.59 Å². The topological polar surface area (TPSA) is 43.4 Å². The highest BCUT2D eigenvalue weighted by Gasteiger charge is 2.16. The maximum absolute atomic E-state index is 11.3. The lowest BCUT2D eigenvalue weighted by molar-refractivity contribution is -0.146. The molecule has 0 aromatic rings. The fourth-order valence-electron chi connectivity index (χ4n) is 1.06. The average molecular weight is 218 g/mol. The lowest BCUT2D eigenvalue weighted by Gasteiger charge is -2.07. The molecule has 14 heavy (non-hydrogen) atoms. The third-order valence-electron chi connectivity index (χ3n) is 1.87.